The van der Waals surface area contributed by atoms with Crippen molar-refractivity contribution in [2.24, 2.45) is 5.16 Å². The number of nitrogens with one attached hydrogen (secondary N) is 1. The molecule has 0 radical (unpaired) electrons. The Hall–Kier alpha value is -3.09. The summed E-state index contributed by atoms with van der Waals surface area (Å²) in [6.45, 7) is 2.49. The first-order chi connectivity index (χ1) is 13.7. The van der Waals surface area contributed by atoms with Gasteiger partial charge in [0.2, 0.25) is 11.6 Å². The molecular formula is C16H19N3O9S. The Morgan fingerprint density at radius 2 is 2.03 bits per heavy atom. The number of carboxylic acid groups (broad SMARTS) is 1. The lowest BCUT2D eigenvalue weighted by Crippen LogP contribution is -2.71. The molecule has 2 heterocycles. The molecule has 2 atom stereocenters. The van der Waals surface area contributed by atoms with Crippen molar-refractivity contribution in [3.05, 3.63) is 11.5 Å². The molecule has 29 heavy (non-hydrogen) atoms. The maximum absolute atomic E-state index is 12.6. The largest absolute Gasteiger partial charge is 0.512 e. The van der Waals surface area contributed by atoms with Crippen molar-refractivity contribution in [3.8, 4) is 0 Å². The highest BCUT2D eigenvalue weighted by atomic mass is 32.2. The van der Waals surface area contributed by atoms with Crippen LogP contribution in [-0.4, -0.2) is 76.3 Å². The van der Waals surface area contributed by atoms with Crippen LogP contribution >= 0.6 is 11.8 Å². The van der Waals surface area contributed by atoms with Crippen molar-refractivity contribution in [2.45, 2.75) is 31.7 Å². The fourth-order valence-electron chi connectivity index (χ4n) is 2.59. The van der Waals surface area contributed by atoms with Crippen LogP contribution in [0.3, 0.4) is 0 Å². The van der Waals surface area contributed by atoms with Crippen LogP contribution in [-0.2, 0) is 33.5 Å². The summed E-state index contributed by atoms with van der Waals surface area (Å²) in [6.07, 6.45) is -1.63. The standard InChI is InChI=1S/C16H19N3O9S/c1-4-9(21)10(18-26-3)12(22)17-11-13(23)19-14(28-16(24)25)8(5-27-7(2)20)6-29-15(11)19/h11,15H,4-6H2,1-3H3,(H,17,22)(H,24,25)/t11-,15+/m1/s1. The fraction of sp³-hybridized carbons (Fsp3) is 0.500. The number of rotatable bonds is 8. The van der Waals surface area contributed by atoms with Gasteiger partial charge in [-0.2, -0.15) is 0 Å². The molecule has 1 saturated heterocycles. The number of ketones is 1. The molecule has 0 aromatic rings. The van der Waals surface area contributed by atoms with E-state index in [0.29, 0.717) is 5.57 Å². The Balaban J connectivity index is 2.19. The molecule has 2 amide bonds. The van der Waals surface area contributed by atoms with Gasteiger partial charge in [0.15, 0.2) is 5.78 Å². The number of ether oxygens (including phenoxy) is 2. The molecule has 0 aliphatic carbocycles. The lowest BCUT2D eigenvalue weighted by molar-refractivity contribution is -0.148. The first-order valence-electron chi connectivity index (χ1n) is 8.37. The Morgan fingerprint density at radius 1 is 1.34 bits per heavy atom. The second-order valence-electron chi connectivity index (χ2n) is 5.82. The van der Waals surface area contributed by atoms with Gasteiger partial charge in [-0.3, -0.25) is 24.1 Å². The normalized spacial score (nSPS) is 21.0. The lowest BCUT2D eigenvalue weighted by Gasteiger charge is -2.49. The van der Waals surface area contributed by atoms with Crippen LogP contribution in [0.15, 0.2) is 16.6 Å². The second-order valence-corrected chi connectivity index (χ2v) is 6.92. The number of carbonyl (C=O) groups excluding carboxylic acids is 4. The number of β-lactam (4-membered cyclic amide) rings is 1. The predicted molar refractivity (Wildman–Crippen MR) is 97.5 cm³/mol. The average Bonchev–Trinajstić information content (AvgIpc) is 2.67. The number of carbonyl (C=O) groups is 5. The molecule has 13 heteroatoms. The first kappa shape index (κ1) is 22.2. The van der Waals surface area contributed by atoms with Crippen LogP contribution in [0.1, 0.15) is 20.3 Å². The maximum Gasteiger partial charge on any atom is 0.512 e. The smallest absolute Gasteiger partial charge is 0.461 e. The molecular weight excluding hydrogens is 410 g/mol. The summed E-state index contributed by atoms with van der Waals surface area (Å²) in [7, 11) is 1.17. The number of hydrogen-bond donors (Lipinski definition) is 2. The molecule has 0 saturated carbocycles. The third kappa shape index (κ3) is 4.85. The molecule has 0 aromatic carbocycles. The van der Waals surface area contributed by atoms with Gasteiger partial charge in [0.05, 0.1) is 0 Å². The molecule has 0 spiro atoms. The highest BCUT2D eigenvalue weighted by Crippen LogP contribution is 2.40. The van der Waals surface area contributed by atoms with E-state index in [2.05, 4.69) is 15.3 Å². The molecule has 2 N–H and O–H groups in total. The Labute approximate surface area is 169 Å². The molecule has 0 unspecified atom stereocenters. The minimum atomic E-state index is -1.64. The molecule has 2 aliphatic heterocycles. The number of nitrogens with zero attached hydrogens (tertiary/aromatic N) is 2. The number of oxime groups is 1. The number of Topliss-reactive ketones (excluding diaryl/α,β-unsaturated/α-hetero) is 1. The molecule has 0 bridgehead atoms. The number of thioether (sulfide) groups is 1. The van der Waals surface area contributed by atoms with E-state index in [1.54, 1.807) is 6.92 Å². The maximum atomic E-state index is 12.6. The third-order valence-corrected chi connectivity index (χ3v) is 5.24. The fourth-order valence-corrected chi connectivity index (χ4v) is 3.89. The van der Waals surface area contributed by atoms with Crippen molar-refractivity contribution >= 4 is 47.2 Å². The van der Waals surface area contributed by atoms with Gasteiger partial charge >= 0.3 is 12.1 Å². The van der Waals surface area contributed by atoms with Gasteiger partial charge in [0.25, 0.3) is 11.8 Å². The topological polar surface area (TPSA) is 161 Å². The van der Waals surface area contributed by atoms with Gasteiger partial charge in [0.1, 0.15) is 25.1 Å². The van der Waals surface area contributed by atoms with Crippen LogP contribution in [0.2, 0.25) is 0 Å². The van der Waals surface area contributed by atoms with E-state index in [0.717, 1.165) is 4.90 Å². The lowest BCUT2D eigenvalue weighted by atomic mass is 10.1. The third-order valence-electron chi connectivity index (χ3n) is 3.90. The van der Waals surface area contributed by atoms with E-state index in [4.69, 9.17) is 14.6 Å². The van der Waals surface area contributed by atoms with Crippen molar-refractivity contribution in [1.82, 2.24) is 10.2 Å². The molecule has 1 fully saturated rings. The average molecular weight is 429 g/mol. The van der Waals surface area contributed by atoms with E-state index in [1.165, 1.54) is 25.8 Å². The van der Waals surface area contributed by atoms with E-state index < -0.39 is 46.8 Å². The number of fused-ring (bicyclic) bond motifs is 1. The summed E-state index contributed by atoms with van der Waals surface area (Å²) >= 11 is 1.21. The zero-order valence-electron chi connectivity index (χ0n) is 15.8. The van der Waals surface area contributed by atoms with Crippen molar-refractivity contribution in [2.75, 3.05) is 19.5 Å². The quantitative estimate of drug-likeness (QED) is 0.174. The molecule has 2 rings (SSSR count). The van der Waals surface area contributed by atoms with Crippen LogP contribution in [0.5, 0.6) is 0 Å². The van der Waals surface area contributed by atoms with Gasteiger partial charge in [0, 0.05) is 24.7 Å². The predicted octanol–water partition coefficient (Wildman–Crippen LogP) is -0.163. The molecule has 0 aromatic heterocycles. The van der Waals surface area contributed by atoms with E-state index in [-0.39, 0.29) is 24.7 Å². The minimum Gasteiger partial charge on any atom is -0.461 e. The number of esters is 1. The van der Waals surface area contributed by atoms with Crippen LogP contribution < -0.4 is 5.32 Å². The zero-order chi connectivity index (χ0) is 21.7. The number of amides is 2. The Morgan fingerprint density at radius 3 is 2.59 bits per heavy atom. The Bertz CT molecular complexity index is 807. The van der Waals surface area contributed by atoms with Crippen molar-refractivity contribution in [1.29, 1.82) is 0 Å². The molecule has 12 nitrogen and oxygen atoms in total. The molecule has 2 aliphatic rings. The summed E-state index contributed by atoms with van der Waals surface area (Å²) in [5, 5.41) is 14.1. The van der Waals surface area contributed by atoms with Crippen LogP contribution in [0.4, 0.5) is 4.79 Å². The highest BCUT2D eigenvalue weighted by molar-refractivity contribution is 8.00. The summed E-state index contributed by atoms with van der Waals surface area (Å²) < 4.78 is 9.59. The first-order valence-corrected chi connectivity index (χ1v) is 9.42. The number of hydrogen-bond acceptors (Lipinski definition) is 10. The Kier molecular flexibility index (Phi) is 7.20. The van der Waals surface area contributed by atoms with E-state index >= 15 is 0 Å². The van der Waals surface area contributed by atoms with E-state index in [9.17, 15) is 24.0 Å². The van der Waals surface area contributed by atoms with Gasteiger partial charge in [-0.1, -0.05) is 12.1 Å². The van der Waals surface area contributed by atoms with Gasteiger partial charge in [-0.25, -0.2) is 4.79 Å². The molecule has 158 valence electrons. The summed E-state index contributed by atoms with van der Waals surface area (Å²) in [5.74, 6) is -2.73. The summed E-state index contributed by atoms with van der Waals surface area (Å²) in [5.41, 5.74) is -0.181. The van der Waals surface area contributed by atoms with Gasteiger partial charge in [-0.15, -0.1) is 11.8 Å². The summed E-state index contributed by atoms with van der Waals surface area (Å²) in [6, 6.07) is -1.03. The van der Waals surface area contributed by atoms with Gasteiger partial charge in [-0.05, 0) is 0 Å². The summed E-state index contributed by atoms with van der Waals surface area (Å²) in [4.78, 5) is 64.3. The monoisotopic (exact) mass is 429 g/mol. The SMILES string of the molecule is CCC(=O)C(=NOC)C(=O)N[C@@H]1C(=O)N2C(OC(=O)O)=C(COC(C)=O)CS[C@@H]12. The highest BCUT2D eigenvalue weighted by Gasteiger charge is 2.54. The van der Waals surface area contributed by atoms with Crippen LogP contribution in [0.25, 0.3) is 0 Å². The van der Waals surface area contributed by atoms with Gasteiger partial charge < -0.3 is 24.7 Å². The zero-order valence-corrected chi connectivity index (χ0v) is 16.6. The van der Waals surface area contributed by atoms with Crippen molar-refractivity contribution < 1.29 is 43.4 Å². The minimum absolute atomic E-state index is 0.0113. The van der Waals surface area contributed by atoms with Crippen LogP contribution in [0, 0.1) is 0 Å². The second kappa shape index (κ2) is 9.41. The van der Waals surface area contributed by atoms with E-state index in [1.807, 2.05) is 0 Å². The van der Waals surface area contributed by atoms with Crippen molar-refractivity contribution in [3.63, 3.8) is 0 Å².